The average Bonchev–Trinajstić information content (AvgIpc) is 2.35. The highest BCUT2D eigenvalue weighted by Gasteiger charge is 1.90. The molecule has 0 atom stereocenters. The van der Waals surface area contributed by atoms with Gasteiger partial charge in [-0.15, -0.1) is 0 Å². The van der Waals surface area contributed by atoms with Crippen LogP contribution in [0.15, 0.2) is 36.6 Å². The van der Waals surface area contributed by atoms with E-state index in [4.69, 9.17) is 5.11 Å². The van der Waals surface area contributed by atoms with E-state index >= 15 is 0 Å². The van der Waals surface area contributed by atoms with Crippen molar-refractivity contribution in [2.45, 2.75) is 64.7 Å². The molecule has 98 valence electrons. The summed E-state index contributed by atoms with van der Waals surface area (Å²) in [6, 6.07) is 0. The van der Waals surface area contributed by atoms with Crippen LogP contribution in [-0.2, 0) is 0 Å². The Morgan fingerprint density at radius 1 is 1.00 bits per heavy atom. The van der Waals surface area contributed by atoms with Gasteiger partial charge in [-0.2, -0.15) is 0 Å². The van der Waals surface area contributed by atoms with E-state index in [0.29, 0.717) is 0 Å². The van der Waals surface area contributed by atoms with Crippen molar-refractivity contribution in [3.05, 3.63) is 36.6 Å². The van der Waals surface area contributed by atoms with Gasteiger partial charge in [-0.05, 0) is 25.0 Å². The third-order valence-electron chi connectivity index (χ3n) is 2.84. The fourth-order valence-corrected chi connectivity index (χ4v) is 1.73. The van der Waals surface area contributed by atoms with E-state index < -0.39 is 0 Å². The number of allylic oxidation sites excluding steroid dienone is 4. The lowest BCUT2D eigenvalue weighted by atomic mass is 10.1. The SMILES string of the molecule is C=CC(O)=CC=CCCCCCCCCCC. The van der Waals surface area contributed by atoms with Gasteiger partial charge in [0.1, 0.15) is 5.76 Å². The summed E-state index contributed by atoms with van der Waals surface area (Å²) in [7, 11) is 0. The van der Waals surface area contributed by atoms with Gasteiger partial charge in [-0.3, -0.25) is 0 Å². The normalized spacial score (nSPS) is 12.2. The smallest absolute Gasteiger partial charge is 0.114 e. The fraction of sp³-hybridized carbons (Fsp3) is 0.625. The van der Waals surface area contributed by atoms with Crippen molar-refractivity contribution >= 4 is 0 Å². The van der Waals surface area contributed by atoms with E-state index in [0.717, 1.165) is 6.42 Å². The molecular weight excluding hydrogens is 208 g/mol. The molecule has 0 saturated carbocycles. The van der Waals surface area contributed by atoms with Crippen molar-refractivity contribution in [1.29, 1.82) is 0 Å². The quantitative estimate of drug-likeness (QED) is 0.277. The molecule has 1 heteroatoms. The Morgan fingerprint density at radius 3 is 2.18 bits per heavy atom. The van der Waals surface area contributed by atoms with Crippen LogP contribution in [0.5, 0.6) is 0 Å². The second-order valence-corrected chi connectivity index (χ2v) is 4.49. The molecule has 0 fully saturated rings. The summed E-state index contributed by atoms with van der Waals surface area (Å²) < 4.78 is 0. The van der Waals surface area contributed by atoms with Gasteiger partial charge in [-0.25, -0.2) is 0 Å². The van der Waals surface area contributed by atoms with Crippen molar-refractivity contribution in [1.82, 2.24) is 0 Å². The Labute approximate surface area is 107 Å². The molecule has 0 spiro atoms. The molecule has 0 bridgehead atoms. The second kappa shape index (κ2) is 13.1. The zero-order valence-electron chi connectivity index (χ0n) is 11.3. The Kier molecular flexibility index (Phi) is 12.3. The lowest BCUT2D eigenvalue weighted by Crippen LogP contribution is -1.79. The summed E-state index contributed by atoms with van der Waals surface area (Å²) in [4.78, 5) is 0. The van der Waals surface area contributed by atoms with Crippen molar-refractivity contribution in [3.8, 4) is 0 Å². The van der Waals surface area contributed by atoms with Crippen LogP contribution >= 0.6 is 0 Å². The first kappa shape index (κ1) is 16.0. The Hall–Kier alpha value is -0.980. The van der Waals surface area contributed by atoms with Crippen LogP contribution in [-0.4, -0.2) is 5.11 Å². The number of aliphatic hydroxyl groups is 1. The van der Waals surface area contributed by atoms with Crippen molar-refractivity contribution in [2.24, 2.45) is 0 Å². The van der Waals surface area contributed by atoms with Crippen LogP contribution in [0.4, 0.5) is 0 Å². The van der Waals surface area contributed by atoms with E-state index in [1.807, 2.05) is 6.08 Å². The first-order valence-electron chi connectivity index (χ1n) is 6.99. The molecule has 0 heterocycles. The topological polar surface area (TPSA) is 20.2 Å². The van der Waals surface area contributed by atoms with Gasteiger partial charge in [0.2, 0.25) is 0 Å². The molecule has 0 rings (SSSR count). The van der Waals surface area contributed by atoms with Crippen LogP contribution in [0.2, 0.25) is 0 Å². The zero-order valence-corrected chi connectivity index (χ0v) is 11.3. The molecular formula is C16H28O. The fourth-order valence-electron chi connectivity index (χ4n) is 1.73. The van der Waals surface area contributed by atoms with Gasteiger partial charge in [0.05, 0.1) is 0 Å². The minimum absolute atomic E-state index is 0.233. The maximum Gasteiger partial charge on any atom is 0.114 e. The Bertz CT molecular complexity index is 226. The summed E-state index contributed by atoms with van der Waals surface area (Å²) in [5, 5.41) is 9.09. The van der Waals surface area contributed by atoms with Crippen LogP contribution in [0.25, 0.3) is 0 Å². The van der Waals surface area contributed by atoms with E-state index in [1.165, 1.54) is 57.4 Å². The molecule has 0 amide bonds. The summed E-state index contributed by atoms with van der Waals surface area (Å²) >= 11 is 0. The van der Waals surface area contributed by atoms with Gasteiger partial charge in [0.15, 0.2) is 0 Å². The molecule has 0 aromatic heterocycles. The largest absolute Gasteiger partial charge is 0.508 e. The standard InChI is InChI=1S/C16H28O/c1-3-5-6-7-8-9-10-11-12-13-14-15-16(17)4-2/h4,13-15,17H,2-3,5-12H2,1H3. The third-order valence-corrected chi connectivity index (χ3v) is 2.84. The van der Waals surface area contributed by atoms with Gasteiger partial charge >= 0.3 is 0 Å². The van der Waals surface area contributed by atoms with Crippen LogP contribution in [0.1, 0.15) is 64.7 Å². The summed E-state index contributed by atoms with van der Waals surface area (Å²) in [5.41, 5.74) is 0. The maximum absolute atomic E-state index is 9.09. The summed E-state index contributed by atoms with van der Waals surface area (Å²) in [6.45, 7) is 5.73. The maximum atomic E-state index is 9.09. The molecule has 17 heavy (non-hydrogen) atoms. The molecule has 0 radical (unpaired) electrons. The first-order chi connectivity index (χ1) is 8.31. The molecule has 0 aliphatic carbocycles. The highest BCUT2D eigenvalue weighted by atomic mass is 16.3. The van der Waals surface area contributed by atoms with E-state index in [1.54, 1.807) is 6.08 Å². The molecule has 0 aliphatic rings. The van der Waals surface area contributed by atoms with Gasteiger partial charge in [0.25, 0.3) is 0 Å². The predicted molar refractivity (Wildman–Crippen MR) is 77.3 cm³/mol. The lowest BCUT2D eigenvalue weighted by molar-refractivity contribution is 0.433. The van der Waals surface area contributed by atoms with Crippen LogP contribution in [0.3, 0.4) is 0 Å². The molecule has 0 saturated heterocycles. The number of hydrogen-bond acceptors (Lipinski definition) is 1. The first-order valence-corrected chi connectivity index (χ1v) is 6.99. The average molecular weight is 236 g/mol. The van der Waals surface area contributed by atoms with E-state index in [-0.39, 0.29) is 5.76 Å². The van der Waals surface area contributed by atoms with Crippen LogP contribution < -0.4 is 0 Å². The van der Waals surface area contributed by atoms with E-state index in [2.05, 4.69) is 19.6 Å². The minimum Gasteiger partial charge on any atom is -0.508 e. The van der Waals surface area contributed by atoms with Gasteiger partial charge in [-0.1, -0.05) is 70.6 Å². The van der Waals surface area contributed by atoms with Gasteiger partial charge < -0.3 is 5.11 Å². The van der Waals surface area contributed by atoms with Crippen molar-refractivity contribution < 1.29 is 5.11 Å². The molecule has 1 nitrogen and oxygen atoms in total. The second-order valence-electron chi connectivity index (χ2n) is 4.49. The van der Waals surface area contributed by atoms with Crippen LogP contribution in [0, 0.1) is 0 Å². The number of hydrogen-bond donors (Lipinski definition) is 1. The molecule has 0 aromatic rings. The minimum atomic E-state index is 0.233. The molecule has 0 aliphatic heterocycles. The summed E-state index contributed by atoms with van der Waals surface area (Å²) in [6.07, 6.45) is 19.1. The van der Waals surface area contributed by atoms with Crippen molar-refractivity contribution in [2.75, 3.05) is 0 Å². The Morgan fingerprint density at radius 2 is 1.59 bits per heavy atom. The van der Waals surface area contributed by atoms with Crippen molar-refractivity contribution in [3.63, 3.8) is 0 Å². The van der Waals surface area contributed by atoms with E-state index in [9.17, 15) is 0 Å². The summed E-state index contributed by atoms with van der Waals surface area (Å²) in [5.74, 6) is 0.233. The number of rotatable bonds is 11. The highest BCUT2D eigenvalue weighted by Crippen LogP contribution is 2.09. The van der Waals surface area contributed by atoms with Gasteiger partial charge in [0, 0.05) is 0 Å². The third kappa shape index (κ3) is 13.0. The highest BCUT2D eigenvalue weighted by molar-refractivity contribution is 5.14. The predicted octanol–water partition coefficient (Wildman–Crippen LogP) is 5.70. The number of aliphatic hydroxyl groups excluding tert-OH is 1. The lowest BCUT2D eigenvalue weighted by Gasteiger charge is -1.99. The number of unbranched alkanes of at least 4 members (excludes halogenated alkanes) is 8. The molecule has 0 aromatic carbocycles. The molecule has 0 unspecified atom stereocenters. The Balaban J connectivity index is 3.21. The monoisotopic (exact) mass is 236 g/mol. The zero-order chi connectivity index (χ0) is 12.8. The molecule has 1 N–H and O–H groups in total.